The molecular weight excluding hydrogens is 262 g/mol. The molecule has 0 spiro atoms. The van der Waals surface area contributed by atoms with E-state index in [1.165, 1.54) is 16.0 Å². The van der Waals surface area contributed by atoms with E-state index >= 15 is 0 Å². The number of imide groups is 1. The summed E-state index contributed by atoms with van der Waals surface area (Å²) < 4.78 is 0. The number of hydrogen-bond acceptors (Lipinski definition) is 2. The van der Waals surface area contributed by atoms with Crippen LogP contribution >= 0.6 is 0 Å². The van der Waals surface area contributed by atoms with Crippen molar-refractivity contribution in [2.24, 2.45) is 11.8 Å². The van der Waals surface area contributed by atoms with E-state index in [4.69, 9.17) is 0 Å². The maximum Gasteiger partial charge on any atom is 0.234 e. The minimum Gasteiger partial charge on any atom is -0.277 e. The molecule has 1 fully saturated rings. The van der Waals surface area contributed by atoms with Gasteiger partial charge < -0.3 is 0 Å². The number of allylic oxidation sites excluding steroid dienone is 2. The molecule has 4 atom stereocenters. The third kappa shape index (κ3) is 1.49. The fourth-order valence-electron chi connectivity index (χ4n) is 4.32. The Morgan fingerprint density at radius 1 is 0.857 bits per heavy atom. The summed E-state index contributed by atoms with van der Waals surface area (Å²) in [6.07, 6.45) is 4.26. The van der Waals surface area contributed by atoms with Gasteiger partial charge in [-0.25, -0.2) is 0 Å². The Morgan fingerprint density at radius 3 is 1.67 bits per heavy atom. The molecule has 0 radical (unpaired) electrons. The number of carbonyl (C=O) groups is 2. The lowest BCUT2D eigenvalue weighted by Gasteiger charge is -2.40. The van der Waals surface area contributed by atoms with Crippen molar-refractivity contribution in [1.82, 2.24) is 4.90 Å². The largest absolute Gasteiger partial charge is 0.277 e. The molecule has 2 amide bonds. The van der Waals surface area contributed by atoms with Crippen molar-refractivity contribution < 1.29 is 9.59 Å². The summed E-state index contributed by atoms with van der Waals surface area (Å²) in [5.74, 6) is -0.291. The van der Waals surface area contributed by atoms with Gasteiger partial charge in [0, 0.05) is 17.4 Å². The highest BCUT2D eigenvalue weighted by molar-refractivity contribution is 6.07. The van der Waals surface area contributed by atoms with Gasteiger partial charge in [0.05, 0.1) is 11.8 Å². The maximum atomic E-state index is 12.9. The highest BCUT2D eigenvalue weighted by atomic mass is 16.2. The van der Waals surface area contributed by atoms with Crippen molar-refractivity contribution in [3.05, 3.63) is 47.5 Å². The Labute approximate surface area is 124 Å². The molecule has 108 valence electrons. The molecule has 3 nitrogen and oxygen atoms in total. The zero-order valence-corrected chi connectivity index (χ0v) is 12.5. The average Bonchev–Trinajstić information content (AvgIpc) is 2.73. The molecule has 1 aromatic carbocycles. The van der Waals surface area contributed by atoms with Crippen LogP contribution in [-0.4, -0.2) is 22.3 Å². The van der Waals surface area contributed by atoms with Gasteiger partial charge in [-0.05, 0) is 31.9 Å². The second-order valence-corrected chi connectivity index (χ2v) is 7.30. The third-order valence-electron chi connectivity index (χ3n) is 5.08. The minimum absolute atomic E-state index is 0.00588. The molecule has 0 saturated carbocycles. The van der Waals surface area contributed by atoms with Gasteiger partial charge in [0.2, 0.25) is 11.8 Å². The summed E-state index contributed by atoms with van der Waals surface area (Å²) in [4.78, 5) is 27.2. The monoisotopic (exact) mass is 281 g/mol. The van der Waals surface area contributed by atoms with E-state index in [1.807, 2.05) is 32.9 Å². The highest BCUT2D eigenvalue weighted by Gasteiger charge is 2.59. The number of amides is 2. The summed E-state index contributed by atoms with van der Waals surface area (Å²) in [5.41, 5.74) is 2.00. The zero-order chi connectivity index (χ0) is 14.9. The molecule has 2 bridgehead atoms. The molecule has 0 N–H and O–H groups in total. The van der Waals surface area contributed by atoms with Gasteiger partial charge in [-0.1, -0.05) is 36.4 Å². The molecule has 5 rings (SSSR count). The normalized spacial score (nSPS) is 33.4. The van der Waals surface area contributed by atoms with Crippen molar-refractivity contribution in [2.75, 3.05) is 0 Å². The van der Waals surface area contributed by atoms with E-state index in [1.54, 1.807) is 0 Å². The fourth-order valence-corrected chi connectivity index (χ4v) is 4.32. The fraction of sp³-hybridized carbons (Fsp3) is 0.444. The van der Waals surface area contributed by atoms with E-state index in [2.05, 4.69) is 24.3 Å². The van der Waals surface area contributed by atoms with E-state index in [0.29, 0.717) is 0 Å². The number of rotatable bonds is 0. The zero-order valence-electron chi connectivity index (χ0n) is 12.5. The first-order valence-corrected chi connectivity index (χ1v) is 7.56. The van der Waals surface area contributed by atoms with Gasteiger partial charge >= 0.3 is 0 Å². The predicted molar refractivity (Wildman–Crippen MR) is 79.7 cm³/mol. The molecule has 3 aliphatic carbocycles. The molecule has 1 aromatic rings. The van der Waals surface area contributed by atoms with Gasteiger partial charge in [-0.15, -0.1) is 0 Å². The summed E-state index contributed by atoms with van der Waals surface area (Å²) in [7, 11) is 0. The maximum absolute atomic E-state index is 12.9. The molecule has 4 aliphatic rings. The lowest BCUT2D eigenvalue weighted by molar-refractivity contribution is -0.145. The van der Waals surface area contributed by atoms with Crippen molar-refractivity contribution in [1.29, 1.82) is 0 Å². The molecule has 1 aliphatic heterocycles. The van der Waals surface area contributed by atoms with Gasteiger partial charge in [-0.3, -0.25) is 14.5 Å². The van der Waals surface area contributed by atoms with Gasteiger partial charge in [0.1, 0.15) is 0 Å². The molecule has 4 unspecified atom stereocenters. The lowest BCUT2D eigenvalue weighted by atomic mass is 9.61. The quantitative estimate of drug-likeness (QED) is 0.541. The molecule has 3 heteroatoms. The smallest absolute Gasteiger partial charge is 0.234 e. The van der Waals surface area contributed by atoms with Crippen LogP contribution in [0, 0.1) is 11.8 Å². The first kappa shape index (κ1) is 12.8. The number of benzene rings is 1. The van der Waals surface area contributed by atoms with E-state index < -0.39 is 5.54 Å². The number of carbonyl (C=O) groups excluding carboxylic acids is 2. The Bertz CT molecular complexity index is 632. The minimum atomic E-state index is -0.447. The predicted octanol–water partition coefficient (Wildman–Crippen LogP) is 2.84. The molecule has 1 heterocycles. The molecule has 0 aromatic heterocycles. The van der Waals surface area contributed by atoms with Crippen LogP contribution < -0.4 is 0 Å². The Hall–Kier alpha value is -1.90. The SMILES string of the molecule is CC(C)(C)N1C(=O)C2C3C=CC(c4ccccc43)C2C1=O. The Balaban J connectivity index is 1.87. The van der Waals surface area contributed by atoms with Crippen LogP contribution in [0.25, 0.3) is 0 Å². The second-order valence-electron chi connectivity index (χ2n) is 7.30. The van der Waals surface area contributed by atoms with Crippen molar-refractivity contribution >= 4 is 11.8 Å². The van der Waals surface area contributed by atoms with Gasteiger partial charge in [-0.2, -0.15) is 0 Å². The third-order valence-corrected chi connectivity index (χ3v) is 5.08. The second kappa shape index (κ2) is 3.85. The topological polar surface area (TPSA) is 37.4 Å². The van der Waals surface area contributed by atoms with E-state index in [0.717, 1.165) is 0 Å². The number of hydrogen-bond donors (Lipinski definition) is 0. The molecular formula is C18H19NO2. The molecule has 21 heavy (non-hydrogen) atoms. The average molecular weight is 281 g/mol. The van der Waals surface area contributed by atoms with Crippen LogP contribution in [0.2, 0.25) is 0 Å². The number of nitrogens with zero attached hydrogens (tertiary/aromatic N) is 1. The van der Waals surface area contributed by atoms with E-state index in [9.17, 15) is 9.59 Å². The van der Waals surface area contributed by atoms with Crippen LogP contribution in [0.3, 0.4) is 0 Å². The van der Waals surface area contributed by atoms with Crippen LogP contribution in [0.4, 0.5) is 0 Å². The number of likely N-dealkylation sites (tertiary alicyclic amines) is 1. The first-order chi connectivity index (χ1) is 9.91. The summed E-state index contributed by atoms with van der Waals surface area (Å²) >= 11 is 0. The Kier molecular flexibility index (Phi) is 2.35. The molecule has 1 saturated heterocycles. The van der Waals surface area contributed by atoms with Crippen LogP contribution in [0.15, 0.2) is 36.4 Å². The van der Waals surface area contributed by atoms with Crippen molar-refractivity contribution in [3.8, 4) is 0 Å². The highest BCUT2D eigenvalue weighted by Crippen LogP contribution is 2.56. The summed E-state index contributed by atoms with van der Waals surface area (Å²) in [6.45, 7) is 5.80. The van der Waals surface area contributed by atoms with Crippen LogP contribution in [-0.2, 0) is 9.59 Å². The lowest BCUT2D eigenvalue weighted by Crippen LogP contribution is -2.46. The Morgan fingerprint density at radius 2 is 1.29 bits per heavy atom. The summed E-state index contributed by atoms with van der Waals surface area (Å²) in [5, 5.41) is 0. The van der Waals surface area contributed by atoms with Crippen molar-refractivity contribution in [2.45, 2.75) is 38.1 Å². The van der Waals surface area contributed by atoms with E-state index in [-0.39, 0.29) is 35.5 Å². The van der Waals surface area contributed by atoms with Crippen molar-refractivity contribution in [3.63, 3.8) is 0 Å². The first-order valence-electron chi connectivity index (χ1n) is 7.56. The van der Waals surface area contributed by atoms with Gasteiger partial charge in [0.25, 0.3) is 0 Å². The van der Waals surface area contributed by atoms with Gasteiger partial charge in [0.15, 0.2) is 0 Å². The standard InChI is InChI=1S/C18H19NO2/c1-18(2,3)19-16(20)14-12-8-9-13(15(14)17(19)21)11-7-5-4-6-10(11)12/h4-9,12-15H,1-3H3. The summed E-state index contributed by atoms with van der Waals surface area (Å²) in [6, 6.07) is 8.24. The van der Waals surface area contributed by atoms with Crippen LogP contribution in [0.1, 0.15) is 43.7 Å². The van der Waals surface area contributed by atoms with Crippen LogP contribution in [0.5, 0.6) is 0 Å².